The third-order valence-electron chi connectivity index (χ3n) is 2.23. The van der Waals surface area contributed by atoms with E-state index in [4.69, 9.17) is 5.73 Å². The number of nitrogens with two attached hydrogens (primary N) is 1. The van der Waals surface area contributed by atoms with Gasteiger partial charge in [0, 0.05) is 6.42 Å². The largest absolute Gasteiger partial charge is 0.322 e. The summed E-state index contributed by atoms with van der Waals surface area (Å²) < 4.78 is 25.9. The summed E-state index contributed by atoms with van der Waals surface area (Å²) in [5.41, 5.74) is 5.55. The fraction of sp³-hybridized carbons (Fsp3) is 0.364. The van der Waals surface area contributed by atoms with Crippen LogP contribution in [-0.4, -0.2) is 11.8 Å². The Kier molecular flexibility index (Phi) is 3.91. The van der Waals surface area contributed by atoms with Crippen LogP contribution < -0.4 is 5.73 Å². The monoisotopic (exact) mass is 213 g/mol. The fourth-order valence-corrected chi connectivity index (χ4v) is 1.23. The molecule has 82 valence electrons. The van der Waals surface area contributed by atoms with Crippen LogP contribution in [0.4, 0.5) is 8.78 Å². The highest BCUT2D eigenvalue weighted by Gasteiger charge is 2.14. The van der Waals surface area contributed by atoms with Crippen molar-refractivity contribution in [3.63, 3.8) is 0 Å². The Balaban J connectivity index is 2.80. The first-order valence-electron chi connectivity index (χ1n) is 4.76. The van der Waals surface area contributed by atoms with E-state index in [0.717, 1.165) is 18.2 Å². The molecule has 0 bridgehead atoms. The predicted octanol–water partition coefficient (Wildman–Crippen LogP) is 1.81. The Bertz CT molecular complexity index is 366. The lowest BCUT2D eigenvalue weighted by Gasteiger charge is -2.08. The van der Waals surface area contributed by atoms with Crippen LogP contribution in [0.1, 0.15) is 18.9 Å². The standard InChI is InChI=1S/C11H13F2NO/c1-2-10(14)11(15)6-7-5-8(12)3-4-9(7)13/h3-5,10H,2,6,14H2,1H3. The van der Waals surface area contributed by atoms with Gasteiger partial charge in [0.1, 0.15) is 11.6 Å². The minimum atomic E-state index is -0.604. The molecule has 0 spiro atoms. The summed E-state index contributed by atoms with van der Waals surface area (Å²) in [6.07, 6.45) is 0.342. The highest BCUT2D eigenvalue weighted by molar-refractivity contribution is 5.85. The topological polar surface area (TPSA) is 43.1 Å². The molecule has 2 nitrogen and oxygen atoms in total. The number of Topliss-reactive ketones (excluding diaryl/α,β-unsaturated/α-hetero) is 1. The van der Waals surface area contributed by atoms with Crippen molar-refractivity contribution in [2.24, 2.45) is 5.73 Å². The summed E-state index contributed by atoms with van der Waals surface area (Å²) >= 11 is 0. The van der Waals surface area contributed by atoms with E-state index in [0.29, 0.717) is 6.42 Å². The van der Waals surface area contributed by atoms with Gasteiger partial charge in [-0.1, -0.05) is 6.92 Å². The van der Waals surface area contributed by atoms with Gasteiger partial charge in [-0.2, -0.15) is 0 Å². The number of halogens is 2. The molecule has 1 rings (SSSR count). The second-order valence-corrected chi connectivity index (χ2v) is 3.39. The van der Waals surface area contributed by atoms with Crippen LogP contribution in [0, 0.1) is 11.6 Å². The van der Waals surface area contributed by atoms with Gasteiger partial charge < -0.3 is 5.73 Å². The minimum absolute atomic E-state index is 0.0592. The molecule has 0 saturated carbocycles. The smallest absolute Gasteiger partial charge is 0.153 e. The maximum Gasteiger partial charge on any atom is 0.153 e. The zero-order chi connectivity index (χ0) is 11.4. The first-order chi connectivity index (χ1) is 7.04. The molecule has 0 aromatic heterocycles. The molecular formula is C11H13F2NO. The summed E-state index contributed by atoms with van der Waals surface area (Å²) in [4.78, 5) is 11.4. The first-order valence-corrected chi connectivity index (χ1v) is 4.76. The number of rotatable bonds is 4. The SMILES string of the molecule is CCC(N)C(=O)Cc1cc(F)ccc1F. The van der Waals surface area contributed by atoms with Gasteiger partial charge in [-0.25, -0.2) is 8.78 Å². The maximum absolute atomic E-state index is 13.1. The van der Waals surface area contributed by atoms with Crippen LogP contribution in [0.5, 0.6) is 0 Å². The summed E-state index contributed by atoms with van der Waals surface area (Å²) in [6, 6.07) is 2.45. The number of ketones is 1. The van der Waals surface area contributed by atoms with E-state index in [1.54, 1.807) is 6.92 Å². The van der Waals surface area contributed by atoms with Gasteiger partial charge in [-0.15, -0.1) is 0 Å². The third kappa shape index (κ3) is 3.09. The van der Waals surface area contributed by atoms with Crippen LogP contribution in [0.2, 0.25) is 0 Å². The van der Waals surface area contributed by atoms with Crippen molar-refractivity contribution in [3.8, 4) is 0 Å². The van der Waals surface area contributed by atoms with Crippen LogP contribution >= 0.6 is 0 Å². The number of hydrogen-bond donors (Lipinski definition) is 1. The van der Waals surface area contributed by atoms with Crippen molar-refractivity contribution >= 4 is 5.78 Å². The average molecular weight is 213 g/mol. The minimum Gasteiger partial charge on any atom is -0.322 e. The Morgan fingerprint density at radius 2 is 2.13 bits per heavy atom. The van der Waals surface area contributed by atoms with Crippen LogP contribution in [0.15, 0.2) is 18.2 Å². The molecule has 0 radical (unpaired) electrons. The van der Waals surface area contributed by atoms with Crippen molar-refractivity contribution in [2.45, 2.75) is 25.8 Å². The van der Waals surface area contributed by atoms with Crippen LogP contribution in [0.25, 0.3) is 0 Å². The van der Waals surface area contributed by atoms with Crippen molar-refractivity contribution in [2.75, 3.05) is 0 Å². The summed E-state index contributed by atoms with van der Waals surface area (Å²) in [5.74, 6) is -1.40. The van der Waals surface area contributed by atoms with Crippen molar-refractivity contribution in [1.29, 1.82) is 0 Å². The number of carbonyl (C=O) groups is 1. The molecule has 4 heteroatoms. The van der Waals surface area contributed by atoms with Crippen molar-refractivity contribution in [1.82, 2.24) is 0 Å². The van der Waals surface area contributed by atoms with Crippen LogP contribution in [0.3, 0.4) is 0 Å². The van der Waals surface area contributed by atoms with Gasteiger partial charge in [-0.3, -0.25) is 4.79 Å². The van der Waals surface area contributed by atoms with Gasteiger partial charge in [0.2, 0.25) is 0 Å². The molecule has 0 aliphatic carbocycles. The normalized spacial score (nSPS) is 12.5. The molecule has 1 atom stereocenters. The maximum atomic E-state index is 13.1. The van der Waals surface area contributed by atoms with Crippen molar-refractivity contribution < 1.29 is 13.6 Å². The zero-order valence-corrected chi connectivity index (χ0v) is 8.47. The average Bonchev–Trinajstić information content (AvgIpc) is 2.22. The molecule has 0 heterocycles. The third-order valence-corrected chi connectivity index (χ3v) is 2.23. The van der Waals surface area contributed by atoms with Gasteiger partial charge in [-0.05, 0) is 30.2 Å². The van der Waals surface area contributed by atoms with Gasteiger partial charge in [0.15, 0.2) is 5.78 Å². The van der Waals surface area contributed by atoms with E-state index in [1.165, 1.54) is 0 Å². The van der Waals surface area contributed by atoms with E-state index in [1.807, 2.05) is 0 Å². The van der Waals surface area contributed by atoms with Gasteiger partial charge >= 0.3 is 0 Å². The quantitative estimate of drug-likeness (QED) is 0.828. The number of hydrogen-bond acceptors (Lipinski definition) is 2. The van der Waals surface area contributed by atoms with Crippen molar-refractivity contribution in [3.05, 3.63) is 35.4 Å². The van der Waals surface area contributed by atoms with E-state index in [2.05, 4.69) is 0 Å². The molecular weight excluding hydrogens is 200 g/mol. The molecule has 2 N–H and O–H groups in total. The van der Waals surface area contributed by atoms with E-state index < -0.39 is 17.7 Å². The predicted molar refractivity (Wildman–Crippen MR) is 53.3 cm³/mol. The first kappa shape index (κ1) is 11.8. The van der Waals surface area contributed by atoms with Gasteiger partial charge in [0.05, 0.1) is 6.04 Å². The van der Waals surface area contributed by atoms with E-state index in [9.17, 15) is 13.6 Å². The second-order valence-electron chi connectivity index (χ2n) is 3.39. The second kappa shape index (κ2) is 4.98. The molecule has 15 heavy (non-hydrogen) atoms. The number of benzene rings is 1. The Morgan fingerprint density at radius 3 is 2.73 bits per heavy atom. The molecule has 0 amide bonds. The Morgan fingerprint density at radius 1 is 1.47 bits per heavy atom. The summed E-state index contributed by atoms with van der Waals surface area (Å²) in [5, 5.41) is 0. The number of carbonyl (C=O) groups excluding carboxylic acids is 1. The Hall–Kier alpha value is -1.29. The lowest BCUT2D eigenvalue weighted by Crippen LogP contribution is -2.31. The molecule has 1 unspecified atom stereocenters. The molecule has 0 aliphatic heterocycles. The van der Waals surface area contributed by atoms with E-state index in [-0.39, 0.29) is 17.8 Å². The molecule has 0 fully saturated rings. The molecule has 0 aliphatic rings. The molecule has 0 saturated heterocycles. The summed E-state index contributed by atoms with van der Waals surface area (Å²) in [7, 11) is 0. The summed E-state index contributed by atoms with van der Waals surface area (Å²) in [6.45, 7) is 1.77. The lowest BCUT2D eigenvalue weighted by atomic mass is 10.0. The highest BCUT2D eigenvalue weighted by Crippen LogP contribution is 2.11. The molecule has 1 aromatic rings. The van der Waals surface area contributed by atoms with E-state index >= 15 is 0 Å². The van der Waals surface area contributed by atoms with Crippen LogP contribution in [-0.2, 0) is 11.2 Å². The Labute approximate surface area is 87.1 Å². The molecule has 1 aromatic carbocycles. The van der Waals surface area contributed by atoms with Gasteiger partial charge in [0.25, 0.3) is 0 Å². The highest BCUT2D eigenvalue weighted by atomic mass is 19.1. The lowest BCUT2D eigenvalue weighted by molar-refractivity contribution is -0.119. The fourth-order valence-electron chi connectivity index (χ4n) is 1.23. The zero-order valence-electron chi connectivity index (χ0n) is 8.47.